The van der Waals surface area contributed by atoms with Gasteiger partial charge in [-0.3, -0.25) is 14.2 Å². The van der Waals surface area contributed by atoms with Crippen molar-refractivity contribution in [2.45, 2.75) is 44.3 Å². The van der Waals surface area contributed by atoms with Gasteiger partial charge in [0.05, 0.1) is 5.56 Å². The van der Waals surface area contributed by atoms with Crippen LogP contribution in [0.3, 0.4) is 0 Å². The standard InChI is InChI=1S/C21H24F3N5O3/c1-27-18(13-8-10-28(11-9-13)19(31)14-2-3-14)26-29(20(27)32)12-17(30)25-16-6-4-15(5-7-16)21(22,23)24/h4-7,13-14H,2-3,8-12H2,1H3,(H,25,30). The van der Waals surface area contributed by atoms with Gasteiger partial charge in [0.1, 0.15) is 12.4 Å². The van der Waals surface area contributed by atoms with E-state index in [4.69, 9.17) is 0 Å². The zero-order valence-corrected chi connectivity index (χ0v) is 17.6. The van der Waals surface area contributed by atoms with Gasteiger partial charge >= 0.3 is 11.9 Å². The van der Waals surface area contributed by atoms with Gasteiger partial charge in [0.2, 0.25) is 11.8 Å². The first-order chi connectivity index (χ1) is 15.1. The number of rotatable bonds is 5. The molecule has 2 amide bonds. The van der Waals surface area contributed by atoms with Crippen molar-refractivity contribution < 1.29 is 22.8 Å². The largest absolute Gasteiger partial charge is 0.416 e. The Kier molecular flexibility index (Phi) is 5.83. The van der Waals surface area contributed by atoms with Gasteiger partial charge in [-0.05, 0) is 49.9 Å². The van der Waals surface area contributed by atoms with Crippen LogP contribution < -0.4 is 11.0 Å². The first kappa shape index (κ1) is 22.1. The summed E-state index contributed by atoms with van der Waals surface area (Å²) >= 11 is 0. The Labute approximate surface area is 182 Å². The lowest BCUT2D eigenvalue weighted by atomic mass is 9.95. The number of anilines is 1. The summed E-state index contributed by atoms with van der Waals surface area (Å²) in [6.45, 7) is 0.887. The van der Waals surface area contributed by atoms with Gasteiger partial charge in [-0.1, -0.05) is 0 Å². The number of halogens is 3. The van der Waals surface area contributed by atoms with Gasteiger partial charge in [-0.15, -0.1) is 0 Å². The predicted octanol–water partition coefficient (Wildman–Crippen LogP) is 2.36. The van der Waals surface area contributed by atoms with E-state index in [2.05, 4.69) is 10.4 Å². The minimum atomic E-state index is -4.46. The highest BCUT2D eigenvalue weighted by molar-refractivity contribution is 5.90. The highest BCUT2D eigenvalue weighted by Crippen LogP contribution is 2.34. The Morgan fingerprint density at radius 3 is 2.28 bits per heavy atom. The highest BCUT2D eigenvalue weighted by Gasteiger charge is 2.36. The Morgan fingerprint density at radius 2 is 1.72 bits per heavy atom. The van der Waals surface area contributed by atoms with Crippen LogP contribution in [0.4, 0.5) is 18.9 Å². The second kappa shape index (κ2) is 8.44. The fourth-order valence-electron chi connectivity index (χ4n) is 3.99. The number of nitrogens with zero attached hydrogens (tertiary/aromatic N) is 4. The van der Waals surface area contributed by atoms with E-state index in [0.717, 1.165) is 41.8 Å². The molecule has 0 radical (unpaired) electrons. The number of amides is 2. The zero-order valence-electron chi connectivity index (χ0n) is 17.6. The molecule has 2 aromatic rings. The van der Waals surface area contributed by atoms with Crippen LogP contribution >= 0.6 is 0 Å². The maximum absolute atomic E-state index is 12.7. The number of benzene rings is 1. The molecular weight excluding hydrogens is 427 g/mol. The summed E-state index contributed by atoms with van der Waals surface area (Å²) in [5, 5.41) is 6.81. The molecule has 0 bridgehead atoms. The van der Waals surface area contributed by atoms with Crippen LogP contribution in [0.25, 0.3) is 0 Å². The number of likely N-dealkylation sites (tertiary alicyclic amines) is 1. The number of hydrogen-bond donors (Lipinski definition) is 1. The fraction of sp³-hybridized carbons (Fsp3) is 0.524. The lowest BCUT2D eigenvalue weighted by Crippen LogP contribution is -2.39. The van der Waals surface area contributed by atoms with E-state index in [1.807, 2.05) is 4.90 Å². The van der Waals surface area contributed by atoms with E-state index in [1.165, 1.54) is 4.57 Å². The number of hydrogen-bond acceptors (Lipinski definition) is 4. The summed E-state index contributed by atoms with van der Waals surface area (Å²) in [5.74, 6) is 0.397. The minimum Gasteiger partial charge on any atom is -0.342 e. The molecule has 11 heteroatoms. The molecule has 1 N–H and O–H groups in total. The zero-order chi connectivity index (χ0) is 23.0. The van der Waals surface area contributed by atoms with Crippen LogP contribution in [-0.4, -0.2) is 44.2 Å². The number of carbonyl (C=O) groups excluding carboxylic acids is 2. The third-order valence-corrected chi connectivity index (χ3v) is 5.96. The quantitative estimate of drug-likeness (QED) is 0.756. The molecule has 1 aliphatic heterocycles. The van der Waals surface area contributed by atoms with E-state index < -0.39 is 23.3 Å². The van der Waals surface area contributed by atoms with Crippen molar-refractivity contribution >= 4 is 17.5 Å². The lowest BCUT2D eigenvalue weighted by molar-refractivity contribution is -0.137. The van der Waals surface area contributed by atoms with Crippen LogP contribution in [0.15, 0.2) is 29.1 Å². The summed E-state index contributed by atoms with van der Waals surface area (Å²) in [5.41, 5.74) is -1.06. The molecule has 1 saturated heterocycles. The maximum atomic E-state index is 12.7. The monoisotopic (exact) mass is 451 g/mol. The van der Waals surface area contributed by atoms with Gasteiger partial charge in [0, 0.05) is 37.7 Å². The molecule has 0 spiro atoms. The number of alkyl halides is 3. The molecule has 0 atom stereocenters. The third kappa shape index (κ3) is 4.71. The second-order valence-corrected chi connectivity index (χ2v) is 8.35. The van der Waals surface area contributed by atoms with Gasteiger partial charge < -0.3 is 10.2 Å². The van der Waals surface area contributed by atoms with Crippen LogP contribution in [0.5, 0.6) is 0 Å². The number of carbonyl (C=O) groups is 2. The van der Waals surface area contributed by atoms with Crippen molar-refractivity contribution in [3.05, 3.63) is 46.1 Å². The third-order valence-electron chi connectivity index (χ3n) is 5.96. The Morgan fingerprint density at radius 1 is 1.09 bits per heavy atom. The average Bonchev–Trinajstić information content (AvgIpc) is 3.56. The SMILES string of the molecule is Cn1c(C2CCN(C(=O)C3CC3)CC2)nn(CC(=O)Nc2ccc(C(F)(F)F)cc2)c1=O. The van der Waals surface area contributed by atoms with Gasteiger partial charge in [0.15, 0.2) is 0 Å². The summed E-state index contributed by atoms with van der Waals surface area (Å²) in [6.07, 6.45) is -1.14. The number of aromatic nitrogens is 3. The minimum absolute atomic E-state index is 0.00942. The van der Waals surface area contributed by atoms with E-state index in [-0.39, 0.29) is 30.0 Å². The van der Waals surface area contributed by atoms with Crippen molar-refractivity contribution in [3.8, 4) is 0 Å². The first-order valence-electron chi connectivity index (χ1n) is 10.5. The van der Waals surface area contributed by atoms with Crippen molar-refractivity contribution in [2.24, 2.45) is 13.0 Å². The number of nitrogens with one attached hydrogen (secondary N) is 1. The molecule has 0 unspecified atom stereocenters. The molecule has 1 saturated carbocycles. The Hall–Kier alpha value is -3.11. The highest BCUT2D eigenvalue weighted by atomic mass is 19.4. The topological polar surface area (TPSA) is 89.2 Å². The van der Waals surface area contributed by atoms with Gasteiger partial charge in [-0.2, -0.15) is 18.3 Å². The number of piperidine rings is 1. The van der Waals surface area contributed by atoms with Crippen LogP contribution in [0, 0.1) is 5.92 Å². The normalized spacial score (nSPS) is 17.4. The molecule has 1 aromatic carbocycles. The second-order valence-electron chi connectivity index (χ2n) is 8.35. The molecule has 2 fully saturated rings. The average molecular weight is 451 g/mol. The van der Waals surface area contributed by atoms with Gasteiger partial charge in [-0.25, -0.2) is 9.48 Å². The molecule has 4 rings (SSSR count). The molecule has 2 heterocycles. The van der Waals surface area contributed by atoms with E-state index in [9.17, 15) is 27.6 Å². The van der Waals surface area contributed by atoms with Crippen molar-refractivity contribution in [1.29, 1.82) is 0 Å². The Bertz CT molecular complexity index is 1060. The summed E-state index contributed by atoms with van der Waals surface area (Å²) in [4.78, 5) is 38.9. The van der Waals surface area contributed by atoms with Crippen LogP contribution in [-0.2, 0) is 29.4 Å². The summed E-state index contributed by atoms with van der Waals surface area (Å²) < 4.78 is 40.4. The summed E-state index contributed by atoms with van der Waals surface area (Å²) in [7, 11) is 1.59. The molecule has 32 heavy (non-hydrogen) atoms. The van der Waals surface area contributed by atoms with Gasteiger partial charge in [0.25, 0.3) is 0 Å². The summed E-state index contributed by atoms with van der Waals surface area (Å²) in [6, 6.07) is 4.07. The molecule has 172 valence electrons. The van der Waals surface area contributed by atoms with Crippen LogP contribution in [0.1, 0.15) is 43.0 Å². The maximum Gasteiger partial charge on any atom is 0.416 e. The first-order valence-corrected chi connectivity index (χ1v) is 10.5. The van der Waals surface area contributed by atoms with Crippen molar-refractivity contribution in [2.75, 3.05) is 18.4 Å². The predicted molar refractivity (Wildman–Crippen MR) is 109 cm³/mol. The molecule has 1 aromatic heterocycles. The van der Waals surface area contributed by atoms with E-state index >= 15 is 0 Å². The molecule has 2 aliphatic rings. The molecule has 8 nitrogen and oxygen atoms in total. The lowest BCUT2D eigenvalue weighted by Gasteiger charge is -2.31. The Balaban J connectivity index is 1.37. The van der Waals surface area contributed by atoms with E-state index in [0.29, 0.717) is 31.8 Å². The fourth-order valence-corrected chi connectivity index (χ4v) is 3.99. The smallest absolute Gasteiger partial charge is 0.342 e. The molecule has 1 aliphatic carbocycles. The van der Waals surface area contributed by atoms with Crippen LogP contribution in [0.2, 0.25) is 0 Å². The van der Waals surface area contributed by atoms with Crippen molar-refractivity contribution in [1.82, 2.24) is 19.2 Å². The molecular formula is C21H24F3N5O3. The van der Waals surface area contributed by atoms with E-state index in [1.54, 1.807) is 7.05 Å². The van der Waals surface area contributed by atoms with Crippen molar-refractivity contribution in [3.63, 3.8) is 0 Å².